The van der Waals surface area contributed by atoms with E-state index < -0.39 is 29.7 Å². The molecule has 2 N–H and O–H groups in total. The second-order valence-corrected chi connectivity index (χ2v) is 8.21. The molecule has 4 rings (SSSR count). The zero-order valence-electron chi connectivity index (χ0n) is 14.7. The van der Waals surface area contributed by atoms with Crippen LogP contribution < -0.4 is 5.73 Å². The first kappa shape index (κ1) is 19.6. The lowest BCUT2D eigenvalue weighted by molar-refractivity contribution is -0.148. The summed E-state index contributed by atoms with van der Waals surface area (Å²) in [4.78, 5) is 2.04. The van der Waals surface area contributed by atoms with Crippen LogP contribution in [-0.4, -0.2) is 44.0 Å². The van der Waals surface area contributed by atoms with Crippen molar-refractivity contribution in [2.45, 2.75) is 43.0 Å². The molecule has 28 heavy (non-hydrogen) atoms. The summed E-state index contributed by atoms with van der Waals surface area (Å²) in [6.45, 7) is 0.820. The molecule has 2 aliphatic heterocycles. The van der Waals surface area contributed by atoms with Crippen molar-refractivity contribution >= 4 is 11.8 Å². The highest BCUT2D eigenvalue weighted by atomic mass is 32.2. The van der Waals surface area contributed by atoms with Crippen molar-refractivity contribution in [3.05, 3.63) is 47.0 Å². The number of thioether (sulfide) groups is 1. The predicted molar refractivity (Wildman–Crippen MR) is 93.4 cm³/mol. The number of hydrogen-bond acceptors (Lipinski definition) is 5. The van der Waals surface area contributed by atoms with Crippen LogP contribution in [0.15, 0.2) is 18.2 Å². The van der Waals surface area contributed by atoms with Gasteiger partial charge in [-0.3, -0.25) is 4.90 Å². The van der Waals surface area contributed by atoms with Crippen LogP contribution in [-0.2, 0) is 19.3 Å². The lowest BCUT2D eigenvalue weighted by Crippen LogP contribution is -2.49. The van der Waals surface area contributed by atoms with Gasteiger partial charge in [0.05, 0.1) is 6.54 Å². The summed E-state index contributed by atoms with van der Waals surface area (Å²) in [7, 11) is 0. The number of alkyl halides is 3. The van der Waals surface area contributed by atoms with Gasteiger partial charge in [-0.1, -0.05) is 0 Å². The van der Waals surface area contributed by atoms with Crippen molar-refractivity contribution in [2.75, 3.05) is 12.3 Å². The minimum Gasteiger partial charge on any atom is -0.326 e. The van der Waals surface area contributed by atoms with Crippen molar-refractivity contribution < 1.29 is 22.0 Å². The molecule has 0 saturated carbocycles. The Balaban J connectivity index is 1.45. The molecule has 0 amide bonds. The summed E-state index contributed by atoms with van der Waals surface area (Å²) in [6, 6.07) is 2.97. The van der Waals surface area contributed by atoms with Crippen LogP contribution in [0.2, 0.25) is 0 Å². The quantitative estimate of drug-likeness (QED) is 0.759. The van der Waals surface area contributed by atoms with Gasteiger partial charge in [0.1, 0.15) is 17.5 Å². The highest BCUT2D eigenvalue weighted by Crippen LogP contribution is 2.41. The Hall–Kier alpha value is -1.72. The molecule has 1 aromatic heterocycles. The molecule has 3 heterocycles. The van der Waals surface area contributed by atoms with Crippen LogP contribution in [0.3, 0.4) is 0 Å². The number of fused-ring (bicyclic) bond motifs is 1. The van der Waals surface area contributed by atoms with Gasteiger partial charge in [-0.15, -0.1) is 10.2 Å². The number of aromatic nitrogens is 3. The van der Waals surface area contributed by atoms with E-state index in [0.717, 1.165) is 16.7 Å². The van der Waals surface area contributed by atoms with Gasteiger partial charge in [-0.25, -0.2) is 8.78 Å². The van der Waals surface area contributed by atoms with Gasteiger partial charge in [-0.2, -0.15) is 24.9 Å². The van der Waals surface area contributed by atoms with Crippen LogP contribution in [0.4, 0.5) is 22.0 Å². The van der Waals surface area contributed by atoms with Gasteiger partial charge in [0.15, 0.2) is 0 Å². The van der Waals surface area contributed by atoms with E-state index >= 15 is 0 Å². The first-order valence-corrected chi connectivity index (χ1v) is 9.84. The lowest BCUT2D eigenvalue weighted by Gasteiger charge is -2.41. The molecule has 1 saturated heterocycles. The van der Waals surface area contributed by atoms with Crippen molar-refractivity contribution in [1.29, 1.82) is 0 Å². The molecule has 1 fully saturated rings. The minimum atomic E-state index is -4.53. The molecule has 0 unspecified atom stereocenters. The Morgan fingerprint density at radius 2 is 1.93 bits per heavy atom. The van der Waals surface area contributed by atoms with Gasteiger partial charge in [0, 0.05) is 41.7 Å². The Bertz CT molecular complexity index is 870. The maximum Gasteiger partial charge on any atom is 0.451 e. The first-order chi connectivity index (χ1) is 13.2. The summed E-state index contributed by atoms with van der Waals surface area (Å²) >= 11 is 1.44. The summed E-state index contributed by atoms with van der Waals surface area (Å²) in [6.07, 6.45) is -3.99. The Morgan fingerprint density at radius 1 is 1.14 bits per heavy atom. The van der Waals surface area contributed by atoms with E-state index in [1.54, 1.807) is 0 Å². The monoisotopic (exact) mass is 419 g/mol. The molecule has 11 heteroatoms. The second kappa shape index (κ2) is 7.27. The van der Waals surface area contributed by atoms with Gasteiger partial charge in [0.25, 0.3) is 0 Å². The molecule has 2 aromatic rings. The van der Waals surface area contributed by atoms with E-state index in [2.05, 4.69) is 10.2 Å². The number of rotatable bonds is 2. The molecule has 0 aliphatic carbocycles. The molecular formula is C17H18F5N5S. The summed E-state index contributed by atoms with van der Waals surface area (Å²) in [5, 5.41) is 6.62. The first-order valence-electron chi connectivity index (χ1n) is 8.79. The van der Waals surface area contributed by atoms with Crippen LogP contribution in [0.25, 0.3) is 0 Å². The van der Waals surface area contributed by atoms with Gasteiger partial charge < -0.3 is 10.3 Å². The van der Waals surface area contributed by atoms with Gasteiger partial charge in [0.2, 0.25) is 5.82 Å². The van der Waals surface area contributed by atoms with Crippen LogP contribution in [0, 0.1) is 11.6 Å². The normalized spacial score (nSPS) is 26.3. The Morgan fingerprint density at radius 3 is 2.64 bits per heavy atom. The third kappa shape index (κ3) is 3.62. The fraction of sp³-hybridized carbons (Fsp3) is 0.529. The number of hydrogen-bond donors (Lipinski definition) is 1. The highest BCUT2D eigenvalue weighted by Gasteiger charge is 2.41. The van der Waals surface area contributed by atoms with Gasteiger partial charge >= 0.3 is 6.18 Å². The van der Waals surface area contributed by atoms with E-state index in [9.17, 15) is 22.0 Å². The average molecular weight is 419 g/mol. The highest BCUT2D eigenvalue weighted by molar-refractivity contribution is 7.99. The van der Waals surface area contributed by atoms with Crippen molar-refractivity contribution in [3.63, 3.8) is 0 Å². The summed E-state index contributed by atoms with van der Waals surface area (Å²) < 4.78 is 67.6. The molecule has 0 bridgehead atoms. The number of nitrogens with zero attached hydrogens (tertiary/aromatic N) is 4. The second-order valence-electron chi connectivity index (χ2n) is 7.03. The van der Waals surface area contributed by atoms with Crippen LogP contribution in [0.5, 0.6) is 0 Å². The zero-order valence-corrected chi connectivity index (χ0v) is 15.5. The van der Waals surface area contributed by atoms with Gasteiger partial charge in [-0.05, 0) is 24.6 Å². The van der Waals surface area contributed by atoms with Crippen molar-refractivity contribution in [3.8, 4) is 0 Å². The predicted octanol–water partition coefficient (Wildman–Crippen LogP) is 2.96. The maximum atomic E-state index is 14.1. The largest absolute Gasteiger partial charge is 0.451 e. The molecule has 2 aliphatic rings. The van der Waals surface area contributed by atoms with E-state index in [1.807, 2.05) is 4.90 Å². The molecular weight excluding hydrogens is 401 g/mol. The maximum absolute atomic E-state index is 14.1. The topological polar surface area (TPSA) is 60.0 Å². The fourth-order valence-electron chi connectivity index (χ4n) is 3.85. The number of nitrogens with two attached hydrogens (primary N) is 1. The smallest absolute Gasteiger partial charge is 0.326 e. The van der Waals surface area contributed by atoms with E-state index in [1.165, 1.54) is 17.8 Å². The average Bonchev–Trinajstić information content (AvgIpc) is 3.07. The zero-order chi connectivity index (χ0) is 20.1. The third-order valence-corrected chi connectivity index (χ3v) is 6.76. The third-order valence-electron chi connectivity index (χ3n) is 5.22. The van der Waals surface area contributed by atoms with Crippen molar-refractivity contribution in [1.82, 2.24) is 19.7 Å². The number of halogens is 5. The molecule has 1 aromatic carbocycles. The van der Waals surface area contributed by atoms with Crippen LogP contribution >= 0.6 is 11.8 Å². The fourth-order valence-corrected chi connectivity index (χ4v) is 5.34. The number of benzene rings is 1. The Kier molecular flexibility index (Phi) is 5.09. The minimum absolute atomic E-state index is 0.0210. The van der Waals surface area contributed by atoms with E-state index in [0.29, 0.717) is 18.7 Å². The molecule has 5 nitrogen and oxygen atoms in total. The summed E-state index contributed by atoms with van der Waals surface area (Å²) in [5.74, 6) is -1.08. The molecule has 3 atom stereocenters. The lowest BCUT2D eigenvalue weighted by atomic mass is 9.97. The van der Waals surface area contributed by atoms with Crippen molar-refractivity contribution in [2.24, 2.45) is 5.73 Å². The van der Waals surface area contributed by atoms with E-state index in [-0.39, 0.29) is 35.8 Å². The molecule has 0 spiro atoms. The Labute approximate surface area is 162 Å². The standard InChI is InChI=1S/C17H18F5N5S/c18-9-1-2-12(19)11(5-9)15-13(23)6-10(8-28-15)26-3-4-27-14(7-26)24-25-16(27)17(20,21)22/h1-2,5,10,13,15H,3-4,6-8,23H2/t10-,13+,15-/m1/s1. The SMILES string of the molecule is N[C@H]1C[C@@H](N2CCn3c(nnc3C(F)(F)F)C2)CS[C@@H]1c1cc(F)ccc1F. The molecule has 0 radical (unpaired) electrons. The summed E-state index contributed by atoms with van der Waals surface area (Å²) in [5.41, 5.74) is 6.52. The van der Waals surface area contributed by atoms with E-state index in [4.69, 9.17) is 5.73 Å². The van der Waals surface area contributed by atoms with Crippen LogP contribution in [0.1, 0.15) is 28.9 Å². The molecule has 152 valence electrons.